The number of amides is 1. The number of unbranched alkanes of at least 4 members (excludes halogenated alkanes) is 1. The van der Waals surface area contributed by atoms with Crippen molar-refractivity contribution < 1.29 is 9.90 Å². The molecule has 0 radical (unpaired) electrons. The highest BCUT2D eigenvalue weighted by Crippen LogP contribution is 2.17. The number of hydrogen-bond acceptors (Lipinski definition) is 4. The molecule has 122 valence electrons. The maximum Gasteiger partial charge on any atom is 0.276 e. The number of nitrogens with zero attached hydrogens (tertiary/aromatic N) is 2. The minimum absolute atomic E-state index is 0.0940. The number of benzene rings is 1. The summed E-state index contributed by atoms with van der Waals surface area (Å²) in [7, 11) is 0. The van der Waals surface area contributed by atoms with Crippen LogP contribution in [-0.4, -0.2) is 20.8 Å². The number of carbonyl (C=O) groups is 1. The highest BCUT2D eigenvalue weighted by atomic mass is 16.3. The van der Waals surface area contributed by atoms with Gasteiger partial charge in [0.25, 0.3) is 11.5 Å². The van der Waals surface area contributed by atoms with E-state index >= 15 is 0 Å². The van der Waals surface area contributed by atoms with E-state index < -0.39 is 0 Å². The summed E-state index contributed by atoms with van der Waals surface area (Å²) in [6, 6.07) is 8.13. The molecule has 6 heteroatoms. The third-order valence-electron chi connectivity index (χ3n) is 3.56. The highest BCUT2D eigenvalue weighted by molar-refractivity contribution is 6.03. The number of carbonyl (C=O) groups excluding carboxylic acids is 1. The van der Waals surface area contributed by atoms with Crippen molar-refractivity contribution in [2.75, 3.05) is 5.32 Å². The van der Waals surface area contributed by atoms with E-state index in [4.69, 9.17) is 0 Å². The largest absolute Gasteiger partial charge is 0.392 e. The Morgan fingerprint density at radius 1 is 1.30 bits per heavy atom. The second kappa shape index (κ2) is 7.69. The van der Waals surface area contributed by atoms with Gasteiger partial charge < -0.3 is 10.4 Å². The first-order valence-corrected chi connectivity index (χ1v) is 7.65. The molecule has 2 rings (SSSR count). The molecule has 2 aromatic rings. The molecule has 0 atom stereocenters. The summed E-state index contributed by atoms with van der Waals surface area (Å²) in [4.78, 5) is 24.1. The van der Waals surface area contributed by atoms with Gasteiger partial charge in [0.2, 0.25) is 0 Å². The van der Waals surface area contributed by atoms with E-state index in [-0.39, 0.29) is 23.8 Å². The third-order valence-corrected chi connectivity index (χ3v) is 3.56. The Hall–Kier alpha value is -2.47. The summed E-state index contributed by atoms with van der Waals surface area (Å²) in [5.74, 6) is -0.381. The van der Waals surface area contributed by atoms with Gasteiger partial charge in [-0.15, -0.1) is 0 Å². The predicted molar refractivity (Wildman–Crippen MR) is 88.5 cm³/mol. The molecule has 0 spiro atoms. The number of hydrogen-bond donors (Lipinski definition) is 2. The SMILES string of the molecule is CCCCn1nc(C(=O)Nc2cc(CO)ccc2C)ccc1=O. The molecule has 1 heterocycles. The van der Waals surface area contributed by atoms with Crippen LogP contribution < -0.4 is 10.9 Å². The van der Waals surface area contributed by atoms with E-state index in [2.05, 4.69) is 10.4 Å². The summed E-state index contributed by atoms with van der Waals surface area (Å²) in [6.45, 7) is 4.30. The zero-order chi connectivity index (χ0) is 16.8. The average molecular weight is 315 g/mol. The molecule has 23 heavy (non-hydrogen) atoms. The van der Waals surface area contributed by atoms with Crippen LogP contribution in [-0.2, 0) is 13.2 Å². The van der Waals surface area contributed by atoms with Crippen LogP contribution in [0.2, 0.25) is 0 Å². The number of aliphatic hydroxyl groups excluding tert-OH is 1. The summed E-state index contributed by atoms with van der Waals surface area (Å²) in [5.41, 5.74) is 2.19. The van der Waals surface area contributed by atoms with Gasteiger partial charge >= 0.3 is 0 Å². The van der Waals surface area contributed by atoms with Crippen molar-refractivity contribution in [3.05, 3.63) is 57.5 Å². The minimum Gasteiger partial charge on any atom is -0.392 e. The molecular formula is C17H21N3O3. The van der Waals surface area contributed by atoms with Gasteiger partial charge in [0.15, 0.2) is 0 Å². The van der Waals surface area contributed by atoms with E-state index in [1.54, 1.807) is 12.1 Å². The maximum atomic E-state index is 12.4. The molecule has 0 unspecified atom stereocenters. The van der Waals surface area contributed by atoms with Gasteiger partial charge in [0, 0.05) is 18.3 Å². The van der Waals surface area contributed by atoms with Crippen molar-refractivity contribution in [2.24, 2.45) is 0 Å². The van der Waals surface area contributed by atoms with Crippen molar-refractivity contribution in [1.29, 1.82) is 0 Å². The molecule has 1 amide bonds. The zero-order valence-corrected chi connectivity index (χ0v) is 13.4. The summed E-state index contributed by atoms with van der Waals surface area (Å²) < 4.78 is 1.31. The molecule has 0 saturated heterocycles. The van der Waals surface area contributed by atoms with Crippen molar-refractivity contribution in [1.82, 2.24) is 9.78 Å². The summed E-state index contributed by atoms with van der Waals surface area (Å²) >= 11 is 0. The Balaban J connectivity index is 2.22. The van der Waals surface area contributed by atoms with Gasteiger partial charge in [-0.25, -0.2) is 4.68 Å². The van der Waals surface area contributed by atoms with E-state index in [0.717, 1.165) is 18.4 Å². The van der Waals surface area contributed by atoms with Crippen LogP contribution in [0.5, 0.6) is 0 Å². The fourth-order valence-corrected chi connectivity index (χ4v) is 2.13. The molecule has 0 aliphatic rings. The van der Waals surface area contributed by atoms with Crippen molar-refractivity contribution in [3.63, 3.8) is 0 Å². The molecular weight excluding hydrogens is 294 g/mol. The third kappa shape index (κ3) is 4.26. The fourth-order valence-electron chi connectivity index (χ4n) is 2.13. The van der Waals surface area contributed by atoms with Crippen molar-refractivity contribution in [3.8, 4) is 0 Å². The van der Waals surface area contributed by atoms with Gasteiger partial charge in [-0.1, -0.05) is 25.5 Å². The van der Waals surface area contributed by atoms with Gasteiger partial charge in [0.1, 0.15) is 5.69 Å². The van der Waals surface area contributed by atoms with Gasteiger partial charge in [-0.2, -0.15) is 5.10 Å². The number of rotatable bonds is 6. The van der Waals surface area contributed by atoms with Crippen molar-refractivity contribution >= 4 is 11.6 Å². The first-order valence-electron chi connectivity index (χ1n) is 7.65. The van der Waals surface area contributed by atoms with Crippen LogP contribution in [0.1, 0.15) is 41.4 Å². The van der Waals surface area contributed by atoms with E-state index in [0.29, 0.717) is 17.8 Å². The maximum absolute atomic E-state index is 12.4. The Morgan fingerprint density at radius 2 is 2.09 bits per heavy atom. The molecule has 1 aromatic carbocycles. The lowest BCUT2D eigenvalue weighted by atomic mass is 10.1. The zero-order valence-electron chi connectivity index (χ0n) is 13.4. The average Bonchev–Trinajstić information content (AvgIpc) is 2.56. The monoisotopic (exact) mass is 315 g/mol. The predicted octanol–water partition coefficient (Wildman–Crippen LogP) is 2.10. The molecule has 0 aliphatic carbocycles. The van der Waals surface area contributed by atoms with Crippen LogP contribution in [0, 0.1) is 6.92 Å². The van der Waals surface area contributed by atoms with Crippen LogP contribution in [0.4, 0.5) is 5.69 Å². The number of nitrogens with one attached hydrogen (secondary N) is 1. The quantitative estimate of drug-likeness (QED) is 0.855. The molecule has 0 saturated carbocycles. The van der Waals surface area contributed by atoms with Gasteiger partial charge in [-0.3, -0.25) is 9.59 Å². The Morgan fingerprint density at radius 3 is 2.78 bits per heavy atom. The highest BCUT2D eigenvalue weighted by Gasteiger charge is 2.11. The molecule has 0 fully saturated rings. The topological polar surface area (TPSA) is 84.2 Å². The lowest BCUT2D eigenvalue weighted by molar-refractivity contribution is 0.101. The van der Waals surface area contributed by atoms with Gasteiger partial charge in [-0.05, 0) is 36.6 Å². The summed E-state index contributed by atoms with van der Waals surface area (Å²) in [5, 5.41) is 16.1. The molecule has 0 bridgehead atoms. The first-order chi connectivity index (χ1) is 11.0. The van der Waals surface area contributed by atoms with E-state index in [9.17, 15) is 14.7 Å². The van der Waals surface area contributed by atoms with Crippen LogP contribution in [0.25, 0.3) is 0 Å². The number of anilines is 1. The lowest BCUT2D eigenvalue weighted by Crippen LogP contribution is -2.26. The number of aryl methyl sites for hydroxylation is 2. The Bertz CT molecular complexity index is 753. The van der Waals surface area contributed by atoms with Crippen LogP contribution in [0.3, 0.4) is 0 Å². The van der Waals surface area contributed by atoms with E-state index in [1.807, 2.05) is 19.9 Å². The van der Waals surface area contributed by atoms with Crippen molar-refractivity contribution in [2.45, 2.75) is 39.8 Å². The molecule has 1 aromatic heterocycles. The Kier molecular flexibility index (Phi) is 5.65. The smallest absolute Gasteiger partial charge is 0.276 e. The second-order valence-corrected chi connectivity index (χ2v) is 5.40. The number of aliphatic hydroxyl groups is 1. The minimum atomic E-state index is -0.381. The normalized spacial score (nSPS) is 10.6. The second-order valence-electron chi connectivity index (χ2n) is 5.40. The van der Waals surface area contributed by atoms with E-state index in [1.165, 1.54) is 16.8 Å². The number of aromatic nitrogens is 2. The lowest BCUT2D eigenvalue weighted by Gasteiger charge is -2.10. The summed E-state index contributed by atoms with van der Waals surface area (Å²) in [6.07, 6.45) is 1.77. The first kappa shape index (κ1) is 16.9. The Labute approximate surface area is 134 Å². The molecule has 2 N–H and O–H groups in total. The standard InChI is InChI=1S/C17H21N3O3/c1-3-4-9-20-16(22)8-7-14(19-20)17(23)18-15-10-13(11-21)6-5-12(15)2/h5-8,10,21H,3-4,9,11H2,1-2H3,(H,18,23). The molecule has 0 aliphatic heterocycles. The fraction of sp³-hybridized carbons (Fsp3) is 0.353. The van der Waals surface area contributed by atoms with Crippen LogP contribution in [0.15, 0.2) is 35.1 Å². The van der Waals surface area contributed by atoms with Crippen LogP contribution >= 0.6 is 0 Å². The van der Waals surface area contributed by atoms with Gasteiger partial charge in [0.05, 0.1) is 6.61 Å². The molecule has 6 nitrogen and oxygen atoms in total.